The van der Waals surface area contributed by atoms with E-state index in [1.54, 1.807) is 0 Å². The fourth-order valence-corrected chi connectivity index (χ4v) is 1.51. The highest BCUT2D eigenvalue weighted by Gasteiger charge is 2.04. The first kappa shape index (κ1) is 14.5. The number of nitrogens with one attached hydrogen (secondary N) is 2. The lowest BCUT2D eigenvalue weighted by molar-refractivity contribution is 0.0598. The third-order valence-corrected chi connectivity index (χ3v) is 2.44. The number of amides is 2. The van der Waals surface area contributed by atoms with Gasteiger partial charge in [0.15, 0.2) is 0 Å². The molecule has 0 spiro atoms. The van der Waals surface area contributed by atoms with Crippen molar-refractivity contribution in [1.29, 1.82) is 0 Å². The maximum absolute atomic E-state index is 11.4. The molecule has 0 saturated carbocycles. The zero-order valence-corrected chi connectivity index (χ0v) is 10.6. The van der Waals surface area contributed by atoms with Gasteiger partial charge >= 0.3 is 6.03 Å². The Labute approximate surface area is 107 Å². The number of aliphatic hydroxyl groups is 1. The molecule has 0 aliphatic rings. The van der Waals surface area contributed by atoms with Gasteiger partial charge in [-0.3, -0.25) is 0 Å². The molecule has 0 saturated heterocycles. The Kier molecular flexibility index (Phi) is 6.90. The van der Waals surface area contributed by atoms with Crippen molar-refractivity contribution in [3.05, 3.63) is 24.5 Å². The zero-order chi connectivity index (χ0) is 13.2. The number of nitrogens with zero attached hydrogens (tertiary/aromatic N) is 1. The van der Waals surface area contributed by atoms with Crippen LogP contribution >= 0.6 is 0 Å². The Hall–Kier alpha value is -1.53. The van der Waals surface area contributed by atoms with Crippen molar-refractivity contribution in [2.45, 2.75) is 19.1 Å². The van der Waals surface area contributed by atoms with E-state index < -0.39 is 6.10 Å². The van der Waals surface area contributed by atoms with Crippen molar-refractivity contribution >= 4 is 6.03 Å². The quantitative estimate of drug-likeness (QED) is 0.620. The number of carbonyl (C=O) groups is 1. The van der Waals surface area contributed by atoms with Gasteiger partial charge in [0.25, 0.3) is 0 Å². The van der Waals surface area contributed by atoms with Gasteiger partial charge < -0.3 is 25.0 Å². The van der Waals surface area contributed by atoms with Crippen LogP contribution in [0.15, 0.2) is 24.5 Å². The molecule has 1 rings (SSSR count). The van der Waals surface area contributed by atoms with Crippen LogP contribution in [-0.4, -0.2) is 48.6 Å². The van der Waals surface area contributed by atoms with Gasteiger partial charge in [-0.1, -0.05) is 0 Å². The van der Waals surface area contributed by atoms with Crippen LogP contribution in [0.5, 0.6) is 0 Å². The number of aromatic nitrogens is 1. The predicted molar refractivity (Wildman–Crippen MR) is 68.3 cm³/mol. The summed E-state index contributed by atoms with van der Waals surface area (Å²) in [5.74, 6) is 0. The van der Waals surface area contributed by atoms with Gasteiger partial charge in [0.05, 0.1) is 12.7 Å². The number of aliphatic hydroxyl groups excluding tert-OH is 1. The van der Waals surface area contributed by atoms with Crippen LogP contribution in [0.3, 0.4) is 0 Å². The molecule has 1 aromatic heterocycles. The van der Waals surface area contributed by atoms with Gasteiger partial charge in [-0.15, -0.1) is 0 Å². The van der Waals surface area contributed by atoms with Crippen LogP contribution in [0, 0.1) is 0 Å². The topological polar surface area (TPSA) is 75.5 Å². The van der Waals surface area contributed by atoms with Crippen LogP contribution in [-0.2, 0) is 11.3 Å². The van der Waals surface area contributed by atoms with Crippen molar-refractivity contribution in [3.8, 4) is 0 Å². The smallest absolute Gasteiger partial charge is 0.314 e. The first-order chi connectivity index (χ1) is 8.72. The van der Waals surface area contributed by atoms with E-state index >= 15 is 0 Å². The highest BCUT2D eigenvalue weighted by molar-refractivity contribution is 5.73. The Balaban J connectivity index is 2.00. The van der Waals surface area contributed by atoms with Crippen LogP contribution in [0.4, 0.5) is 4.79 Å². The summed E-state index contributed by atoms with van der Waals surface area (Å²) in [4.78, 5) is 11.4. The van der Waals surface area contributed by atoms with Crippen molar-refractivity contribution in [3.63, 3.8) is 0 Å². The number of hydrogen-bond donors (Lipinski definition) is 3. The number of rotatable bonds is 8. The highest BCUT2D eigenvalue weighted by Crippen LogP contribution is 1.90. The number of ether oxygens (including phenoxy) is 1. The summed E-state index contributed by atoms with van der Waals surface area (Å²) in [6.45, 7) is 2.03. The Morgan fingerprint density at radius 3 is 2.67 bits per heavy atom. The molecule has 0 aliphatic carbocycles. The molecule has 0 radical (unpaired) electrons. The van der Waals surface area contributed by atoms with Gasteiger partial charge in [-0.25, -0.2) is 4.79 Å². The molecule has 18 heavy (non-hydrogen) atoms. The molecule has 0 bridgehead atoms. The number of methoxy groups -OCH3 is 1. The lowest BCUT2D eigenvalue weighted by Gasteiger charge is -2.11. The molecule has 1 unspecified atom stereocenters. The van der Waals surface area contributed by atoms with Crippen molar-refractivity contribution in [2.24, 2.45) is 0 Å². The first-order valence-corrected chi connectivity index (χ1v) is 6.02. The van der Waals surface area contributed by atoms with Gasteiger partial charge in [-0.2, -0.15) is 0 Å². The Morgan fingerprint density at radius 1 is 1.33 bits per heavy atom. The van der Waals surface area contributed by atoms with Crippen LogP contribution in [0.1, 0.15) is 6.42 Å². The van der Waals surface area contributed by atoms with Crippen molar-refractivity contribution in [2.75, 3.05) is 26.8 Å². The van der Waals surface area contributed by atoms with Crippen LogP contribution < -0.4 is 10.6 Å². The first-order valence-electron chi connectivity index (χ1n) is 6.02. The number of hydrogen-bond acceptors (Lipinski definition) is 3. The lowest BCUT2D eigenvalue weighted by atomic mass is 10.3. The maximum atomic E-state index is 11.4. The molecule has 1 aromatic rings. The summed E-state index contributed by atoms with van der Waals surface area (Å²) in [7, 11) is 1.53. The average Bonchev–Trinajstić information content (AvgIpc) is 2.82. The minimum Gasteiger partial charge on any atom is -0.391 e. The number of carbonyl (C=O) groups excluding carboxylic acids is 1. The van der Waals surface area contributed by atoms with E-state index in [9.17, 15) is 9.90 Å². The second-order valence-electron chi connectivity index (χ2n) is 4.00. The molecule has 1 atom stereocenters. The average molecular weight is 255 g/mol. The normalized spacial score (nSPS) is 12.1. The van der Waals surface area contributed by atoms with Gasteiger partial charge in [-0.05, 0) is 18.6 Å². The molecule has 0 aromatic carbocycles. The van der Waals surface area contributed by atoms with E-state index in [0.29, 0.717) is 19.5 Å². The second kappa shape index (κ2) is 8.54. The van der Waals surface area contributed by atoms with Crippen molar-refractivity contribution < 1.29 is 14.6 Å². The van der Waals surface area contributed by atoms with E-state index in [1.807, 2.05) is 29.1 Å². The summed E-state index contributed by atoms with van der Waals surface area (Å²) in [5.41, 5.74) is 0. The Bertz CT molecular complexity index is 327. The summed E-state index contributed by atoms with van der Waals surface area (Å²) in [6.07, 6.45) is 3.84. The molecule has 0 aliphatic heterocycles. The third kappa shape index (κ3) is 6.27. The van der Waals surface area contributed by atoms with E-state index in [1.165, 1.54) is 7.11 Å². The molecule has 0 fully saturated rings. The van der Waals surface area contributed by atoms with E-state index in [4.69, 9.17) is 4.74 Å². The molecular weight excluding hydrogens is 234 g/mol. The minimum atomic E-state index is -0.532. The molecule has 6 heteroatoms. The SMILES string of the molecule is COCC(O)CCNC(=O)NCCn1cccc1. The molecule has 2 amide bonds. The Morgan fingerprint density at radius 2 is 2.00 bits per heavy atom. The number of urea groups is 1. The maximum Gasteiger partial charge on any atom is 0.314 e. The van der Waals surface area contributed by atoms with Crippen LogP contribution in [0.25, 0.3) is 0 Å². The van der Waals surface area contributed by atoms with Gasteiger partial charge in [0, 0.05) is 39.1 Å². The molecule has 102 valence electrons. The summed E-state index contributed by atoms with van der Waals surface area (Å²) < 4.78 is 6.78. The summed E-state index contributed by atoms with van der Waals surface area (Å²) >= 11 is 0. The largest absolute Gasteiger partial charge is 0.391 e. The standard InChI is InChI=1S/C12H21N3O3/c1-18-10-11(16)4-5-13-12(17)14-6-9-15-7-2-3-8-15/h2-3,7-8,11,16H,4-6,9-10H2,1H3,(H2,13,14,17). The van der Waals surface area contributed by atoms with E-state index in [2.05, 4.69) is 10.6 Å². The molecular formula is C12H21N3O3. The molecule has 3 N–H and O–H groups in total. The third-order valence-electron chi connectivity index (χ3n) is 2.44. The van der Waals surface area contributed by atoms with Crippen LogP contribution in [0.2, 0.25) is 0 Å². The fraction of sp³-hybridized carbons (Fsp3) is 0.583. The second-order valence-corrected chi connectivity index (χ2v) is 4.00. The zero-order valence-electron chi connectivity index (χ0n) is 10.6. The van der Waals surface area contributed by atoms with Crippen molar-refractivity contribution in [1.82, 2.24) is 15.2 Å². The molecule has 1 heterocycles. The predicted octanol–water partition coefficient (Wildman–Crippen LogP) is 0.185. The van der Waals surface area contributed by atoms with E-state index in [0.717, 1.165) is 6.54 Å². The summed E-state index contributed by atoms with van der Waals surface area (Å²) in [5, 5.41) is 14.8. The van der Waals surface area contributed by atoms with Gasteiger partial charge in [0.2, 0.25) is 0 Å². The van der Waals surface area contributed by atoms with E-state index in [-0.39, 0.29) is 12.6 Å². The highest BCUT2D eigenvalue weighted by atomic mass is 16.5. The monoisotopic (exact) mass is 255 g/mol. The van der Waals surface area contributed by atoms with Gasteiger partial charge in [0.1, 0.15) is 0 Å². The fourth-order valence-electron chi connectivity index (χ4n) is 1.51. The molecule has 6 nitrogen and oxygen atoms in total. The summed E-state index contributed by atoms with van der Waals surface area (Å²) in [6, 6.07) is 3.67. The lowest BCUT2D eigenvalue weighted by Crippen LogP contribution is -2.38. The minimum absolute atomic E-state index is 0.216.